The third kappa shape index (κ3) is 4.76. The summed E-state index contributed by atoms with van der Waals surface area (Å²) in [5.74, 6) is 1.03. The molecule has 0 aromatic rings. The molecule has 0 bridgehead atoms. The largest absolute Gasteiger partial charge is 0.314 e. The highest BCUT2D eigenvalue weighted by Crippen LogP contribution is 2.27. The van der Waals surface area contributed by atoms with Gasteiger partial charge < -0.3 is 5.32 Å². The van der Waals surface area contributed by atoms with E-state index >= 15 is 0 Å². The zero-order chi connectivity index (χ0) is 12.6. The van der Waals surface area contributed by atoms with Gasteiger partial charge in [0.15, 0.2) is 0 Å². The lowest BCUT2D eigenvalue weighted by atomic mass is 9.95. The second kappa shape index (κ2) is 7.99. The molecule has 2 unspecified atom stereocenters. The Balaban J connectivity index is 1.61. The van der Waals surface area contributed by atoms with Gasteiger partial charge in [0.2, 0.25) is 0 Å². The first-order chi connectivity index (χ1) is 8.88. The van der Waals surface area contributed by atoms with Crippen LogP contribution >= 0.6 is 0 Å². The minimum atomic E-state index is 0.814. The van der Waals surface area contributed by atoms with Crippen molar-refractivity contribution in [3.63, 3.8) is 0 Å². The van der Waals surface area contributed by atoms with Crippen molar-refractivity contribution in [1.82, 2.24) is 5.32 Å². The van der Waals surface area contributed by atoms with E-state index in [1.54, 1.807) is 5.57 Å². The van der Waals surface area contributed by atoms with Gasteiger partial charge in [0.05, 0.1) is 0 Å². The van der Waals surface area contributed by atoms with Crippen LogP contribution in [-0.2, 0) is 0 Å². The highest BCUT2D eigenvalue weighted by Gasteiger charge is 2.17. The second-order valence-electron chi connectivity index (χ2n) is 6.32. The molecule has 2 aliphatic rings. The summed E-state index contributed by atoms with van der Waals surface area (Å²) in [4.78, 5) is 0. The molecule has 1 N–H and O–H groups in total. The van der Waals surface area contributed by atoms with Crippen molar-refractivity contribution in [3.05, 3.63) is 11.6 Å². The van der Waals surface area contributed by atoms with Crippen molar-refractivity contribution >= 4 is 0 Å². The smallest absolute Gasteiger partial charge is 0.00672 e. The number of nitrogens with one attached hydrogen (secondary N) is 1. The Kier molecular flexibility index (Phi) is 6.26. The van der Waals surface area contributed by atoms with Gasteiger partial charge in [-0.1, -0.05) is 44.3 Å². The molecule has 0 aliphatic heterocycles. The highest BCUT2D eigenvalue weighted by atomic mass is 14.9. The lowest BCUT2D eigenvalue weighted by molar-refractivity contribution is 0.410. The molecule has 104 valence electrons. The minimum Gasteiger partial charge on any atom is -0.314 e. The highest BCUT2D eigenvalue weighted by molar-refractivity contribution is 5.07. The monoisotopic (exact) mass is 249 g/mol. The normalized spacial score (nSPS) is 29.1. The summed E-state index contributed by atoms with van der Waals surface area (Å²) < 4.78 is 0. The van der Waals surface area contributed by atoms with Gasteiger partial charge in [-0.05, 0) is 57.4 Å². The summed E-state index contributed by atoms with van der Waals surface area (Å²) in [7, 11) is 0. The van der Waals surface area contributed by atoms with E-state index in [1.807, 2.05) is 0 Å². The number of hydrogen-bond donors (Lipinski definition) is 1. The van der Waals surface area contributed by atoms with E-state index < -0.39 is 0 Å². The van der Waals surface area contributed by atoms with Gasteiger partial charge in [-0.3, -0.25) is 0 Å². The molecule has 0 radical (unpaired) electrons. The molecule has 2 aliphatic carbocycles. The zero-order valence-electron chi connectivity index (χ0n) is 12.2. The van der Waals surface area contributed by atoms with Crippen LogP contribution in [0.4, 0.5) is 0 Å². The summed E-state index contributed by atoms with van der Waals surface area (Å²) >= 11 is 0. The van der Waals surface area contributed by atoms with Crippen molar-refractivity contribution in [1.29, 1.82) is 0 Å². The first-order valence-corrected chi connectivity index (χ1v) is 8.29. The predicted octanol–water partition coefficient (Wildman–Crippen LogP) is 4.83. The molecule has 0 spiro atoms. The van der Waals surface area contributed by atoms with Crippen molar-refractivity contribution in [2.75, 3.05) is 6.54 Å². The summed E-state index contributed by atoms with van der Waals surface area (Å²) in [6, 6.07) is 0.814. The topological polar surface area (TPSA) is 12.0 Å². The van der Waals surface area contributed by atoms with Gasteiger partial charge in [-0.2, -0.15) is 0 Å². The van der Waals surface area contributed by atoms with Crippen LogP contribution in [0.25, 0.3) is 0 Å². The lowest BCUT2D eigenvalue weighted by Crippen LogP contribution is -2.29. The fourth-order valence-corrected chi connectivity index (χ4v) is 3.68. The quantitative estimate of drug-likeness (QED) is 0.525. The fourth-order valence-electron chi connectivity index (χ4n) is 3.68. The number of hydrogen-bond acceptors (Lipinski definition) is 1. The molecule has 2 atom stereocenters. The Labute approximate surface area is 113 Å². The molecule has 0 aromatic carbocycles. The Hall–Kier alpha value is -0.300. The van der Waals surface area contributed by atoms with Crippen molar-refractivity contribution in [2.45, 2.75) is 83.6 Å². The van der Waals surface area contributed by atoms with Crippen LogP contribution in [0.3, 0.4) is 0 Å². The zero-order valence-corrected chi connectivity index (χ0v) is 12.2. The Morgan fingerprint density at radius 3 is 2.89 bits per heavy atom. The fraction of sp³-hybridized carbons (Fsp3) is 0.882. The molecule has 1 nitrogen and oxygen atoms in total. The Morgan fingerprint density at radius 1 is 1.17 bits per heavy atom. The lowest BCUT2D eigenvalue weighted by Gasteiger charge is -2.17. The van der Waals surface area contributed by atoms with Crippen molar-refractivity contribution < 1.29 is 0 Å². The Bertz CT molecular complexity index is 256. The van der Waals surface area contributed by atoms with Crippen LogP contribution < -0.4 is 5.32 Å². The van der Waals surface area contributed by atoms with Gasteiger partial charge >= 0.3 is 0 Å². The summed E-state index contributed by atoms with van der Waals surface area (Å²) in [5, 5.41) is 3.81. The molecule has 18 heavy (non-hydrogen) atoms. The van der Waals surface area contributed by atoms with Gasteiger partial charge in [0.1, 0.15) is 0 Å². The van der Waals surface area contributed by atoms with Crippen LogP contribution in [0.15, 0.2) is 11.6 Å². The second-order valence-corrected chi connectivity index (χ2v) is 6.32. The van der Waals surface area contributed by atoms with Crippen molar-refractivity contribution in [3.8, 4) is 0 Å². The molecule has 0 aromatic heterocycles. The molecule has 0 saturated heterocycles. The number of allylic oxidation sites excluding steroid dienone is 1. The standard InChI is InChI=1S/C17H31N/c1-2-6-15-9-5-10-17(12-11-15)18-14-13-16-7-3-4-8-16/h7,15,17-18H,2-6,8-14H2,1H3. The predicted molar refractivity (Wildman–Crippen MR) is 79.8 cm³/mol. The van der Waals surface area contributed by atoms with E-state index in [0.29, 0.717) is 0 Å². The molecule has 1 saturated carbocycles. The van der Waals surface area contributed by atoms with Crippen LogP contribution in [0, 0.1) is 5.92 Å². The van der Waals surface area contributed by atoms with Gasteiger partial charge in [0, 0.05) is 6.04 Å². The SMILES string of the molecule is CCCC1CCCC(NCCC2=CCCC2)CC1. The van der Waals surface area contributed by atoms with E-state index in [0.717, 1.165) is 12.0 Å². The summed E-state index contributed by atoms with van der Waals surface area (Å²) in [5.41, 5.74) is 1.71. The molecule has 0 heterocycles. The first-order valence-electron chi connectivity index (χ1n) is 8.29. The summed E-state index contributed by atoms with van der Waals surface area (Å²) in [6.07, 6.45) is 17.9. The van der Waals surface area contributed by atoms with E-state index in [-0.39, 0.29) is 0 Å². The maximum Gasteiger partial charge on any atom is 0.00672 e. The average molecular weight is 249 g/mol. The maximum atomic E-state index is 3.81. The molecular formula is C17H31N. The van der Waals surface area contributed by atoms with E-state index in [4.69, 9.17) is 0 Å². The molecule has 1 fully saturated rings. The van der Waals surface area contributed by atoms with Crippen LogP contribution in [0.5, 0.6) is 0 Å². The third-order valence-electron chi connectivity index (χ3n) is 4.80. The molecule has 0 amide bonds. The van der Waals surface area contributed by atoms with Gasteiger partial charge in [-0.15, -0.1) is 0 Å². The van der Waals surface area contributed by atoms with Gasteiger partial charge in [0.25, 0.3) is 0 Å². The van der Waals surface area contributed by atoms with E-state index in [2.05, 4.69) is 18.3 Å². The summed E-state index contributed by atoms with van der Waals surface area (Å²) in [6.45, 7) is 3.55. The van der Waals surface area contributed by atoms with Gasteiger partial charge in [-0.25, -0.2) is 0 Å². The maximum absolute atomic E-state index is 3.81. The average Bonchev–Trinajstić information content (AvgIpc) is 2.78. The van der Waals surface area contributed by atoms with E-state index in [1.165, 1.54) is 77.2 Å². The molecule has 1 heteroatoms. The van der Waals surface area contributed by atoms with Crippen LogP contribution in [0.2, 0.25) is 0 Å². The Morgan fingerprint density at radius 2 is 2.11 bits per heavy atom. The first kappa shape index (κ1) is 14.1. The van der Waals surface area contributed by atoms with E-state index in [9.17, 15) is 0 Å². The molecule has 2 rings (SSSR count). The third-order valence-corrected chi connectivity index (χ3v) is 4.80. The minimum absolute atomic E-state index is 0.814. The van der Waals surface area contributed by atoms with Crippen LogP contribution in [-0.4, -0.2) is 12.6 Å². The van der Waals surface area contributed by atoms with Crippen molar-refractivity contribution in [2.24, 2.45) is 5.92 Å². The molecular weight excluding hydrogens is 218 g/mol. The van der Waals surface area contributed by atoms with Crippen LogP contribution in [0.1, 0.15) is 77.6 Å². The number of rotatable bonds is 6.